The van der Waals surface area contributed by atoms with E-state index in [1.54, 1.807) is 35.5 Å². The van der Waals surface area contributed by atoms with Crippen LogP contribution in [-0.2, 0) is 21.4 Å². The lowest BCUT2D eigenvalue weighted by Gasteiger charge is -2.16. The lowest BCUT2D eigenvalue weighted by atomic mass is 10.3. The summed E-state index contributed by atoms with van der Waals surface area (Å²) in [6.07, 6.45) is 3.90. The number of likely N-dealkylation sites (tertiary alicyclic amines) is 1. The fraction of sp³-hybridized carbons (Fsp3) is 0.200. The Balaban J connectivity index is 1.28. The summed E-state index contributed by atoms with van der Waals surface area (Å²) in [6.45, 7) is 0.886. The van der Waals surface area contributed by atoms with Crippen molar-refractivity contribution in [3.05, 3.63) is 58.8 Å². The number of aromatic nitrogens is 2. The summed E-state index contributed by atoms with van der Waals surface area (Å²) >= 11 is 8.53. The van der Waals surface area contributed by atoms with Gasteiger partial charge in [-0.15, -0.1) is 22.7 Å². The molecule has 2 N–H and O–H groups in total. The Morgan fingerprint density at radius 2 is 2.00 bits per heavy atom. The summed E-state index contributed by atoms with van der Waals surface area (Å²) in [6, 6.07) is 10.0. The van der Waals surface area contributed by atoms with Gasteiger partial charge in [0.2, 0.25) is 5.91 Å². The molecule has 0 aliphatic carbocycles. The van der Waals surface area contributed by atoms with Crippen LogP contribution in [0.1, 0.15) is 12.1 Å². The van der Waals surface area contributed by atoms with Crippen molar-refractivity contribution in [2.45, 2.75) is 23.2 Å². The Morgan fingerprint density at radius 3 is 2.77 bits per heavy atom. The van der Waals surface area contributed by atoms with Crippen molar-refractivity contribution in [1.29, 1.82) is 0 Å². The van der Waals surface area contributed by atoms with Crippen molar-refractivity contribution < 1.29 is 13.2 Å². The normalized spacial score (nSPS) is 17.1. The van der Waals surface area contributed by atoms with Gasteiger partial charge in [-0.2, -0.15) is 4.72 Å². The van der Waals surface area contributed by atoms with E-state index < -0.39 is 16.1 Å². The van der Waals surface area contributed by atoms with Gasteiger partial charge in [-0.1, -0.05) is 11.6 Å². The molecule has 1 amide bonds. The largest absolute Gasteiger partial charge is 0.357 e. The first-order valence-corrected chi connectivity index (χ1v) is 13.0. The summed E-state index contributed by atoms with van der Waals surface area (Å²) in [4.78, 5) is 23.6. The topological polar surface area (TPSA) is 95.2 Å². The first kappa shape index (κ1) is 20.7. The SMILES string of the molecule is O=C1[C@@H](NS(=O)(=O)c2ccc(-c3ccc(Cl)s3)s2)CCN1Cc1cc2cnccc2[nH]1. The molecule has 0 unspecified atom stereocenters. The lowest BCUT2D eigenvalue weighted by molar-refractivity contribution is -0.129. The first-order chi connectivity index (χ1) is 14.9. The molecule has 0 radical (unpaired) electrons. The Bertz CT molecular complexity index is 1340. The van der Waals surface area contributed by atoms with Crippen LogP contribution in [-0.4, -0.2) is 41.8 Å². The molecule has 0 spiro atoms. The van der Waals surface area contributed by atoms with Crippen LogP contribution in [0.25, 0.3) is 20.7 Å². The van der Waals surface area contributed by atoms with Crippen molar-refractivity contribution in [3.63, 3.8) is 0 Å². The number of aromatic amines is 1. The van der Waals surface area contributed by atoms with Crippen LogP contribution < -0.4 is 4.72 Å². The number of pyridine rings is 1. The summed E-state index contributed by atoms with van der Waals surface area (Å²) < 4.78 is 29.1. The molecular formula is C20H17ClN4O3S3. The van der Waals surface area contributed by atoms with Gasteiger partial charge < -0.3 is 9.88 Å². The van der Waals surface area contributed by atoms with Crippen molar-refractivity contribution >= 4 is 61.1 Å². The molecule has 0 saturated carbocycles. The van der Waals surface area contributed by atoms with Crippen molar-refractivity contribution in [3.8, 4) is 9.75 Å². The van der Waals surface area contributed by atoms with Gasteiger partial charge in [0.25, 0.3) is 10.0 Å². The number of thiophene rings is 2. The number of H-pyrrole nitrogens is 1. The molecule has 5 rings (SSSR count). The van der Waals surface area contributed by atoms with E-state index in [1.165, 1.54) is 11.3 Å². The highest BCUT2D eigenvalue weighted by Crippen LogP contribution is 2.37. The highest BCUT2D eigenvalue weighted by molar-refractivity contribution is 7.91. The molecular weight excluding hydrogens is 476 g/mol. The quantitative estimate of drug-likeness (QED) is 0.424. The van der Waals surface area contributed by atoms with Crippen molar-refractivity contribution in [1.82, 2.24) is 19.6 Å². The van der Waals surface area contributed by atoms with Crippen molar-refractivity contribution in [2.24, 2.45) is 0 Å². The van der Waals surface area contributed by atoms with Gasteiger partial charge in [-0.3, -0.25) is 9.78 Å². The highest BCUT2D eigenvalue weighted by atomic mass is 35.5. The van der Waals surface area contributed by atoms with Gasteiger partial charge in [0, 0.05) is 45.3 Å². The molecule has 7 nitrogen and oxygen atoms in total. The molecule has 4 aromatic heterocycles. The number of halogens is 1. The van der Waals surface area contributed by atoms with Crippen LogP contribution in [0.5, 0.6) is 0 Å². The van der Waals surface area contributed by atoms with E-state index in [0.717, 1.165) is 37.7 Å². The Hall–Kier alpha value is -2.24. The minimum absolute atomic E-state index is 0.182. The van der Waals surface area contributed by atoms with E-state index >= 15 is 0 Å². The number of rotatable bonds is 6. The van der Waals surface area contributed by atoms with Crippen LogP contribution in [0.2, 0.25) is 4.34 Å². The maximum Gasteiger partial charge on any atom is 0.250 e. The molecule has 1 fully saturated rings. The van der Waals surface area contributed by atoms with E-state index in [9.17, 15) is 13.2 Å². The third kappa shape index (κ3) is 4.13. The van der Waals surface area contributed by atoms with Crippen LogP contribution in [0, 0.1) is 0 Å². The van der Waals surface area contributed by atoms with E-state index in [2.05, 4.69) is 14.7 Å². The number of hydrogen-bond donors (Lipinski definition) is 2. The van der Waals surface area contributed by atoms with Crippen LogP contribution in [0.4, 0.5) is 0 Å². The summed E-state index contributed by atoms with van der Waals surface area (Å²) in [5, 5.41) is 0.974. The van der Waals surface area contributed by atoms with Gasteiger partial charge in [-0.05, 0) is 42.8 Å². The zero-order valence-corrected chi connectivity index (χ0v) is 19.2. The Kier molecular flexibility index (Phi) is 5.35. The average Bonchev–Trinajstić information content (AvgIpc) is 3.51. The number of carbonyl (C=O) groups excluding carboxylic acids is 1. The highest BCUT2D eigenvalue weighted by Gasteiger charge is 2.35. The molecule has 1 aliphatic rings. The third-order valence-electron chi connectivity index (χ3n) is 5.10. The maximum atomic E-state index is 12.9. The first-order valence-electron chi connectivity index (χ1n) is 9.47. The number of fused-ring (bicyclic) bond motifs is 1. The number of carbonyl (C=O) groups is 1. The fourth-order valence-electron chi connectivity index (χ4n) is 3.62. The summed E-state index contributed by atoms with van der Waals surface area (Å²) in [5.41, 5.74) is 1.84. The molecule has 31 heavy (non-hydrogen) atoms. The number of amides is 1. The van der Waals surface area contributed by atoms with Gasteiger partial charge >= 0.3 is 0 Å². The van der Waals surface area contributed by atoms with Gasteiger partial charge in [0.1, 0.15) is 10.3 Å². The number of sulfonamides is 1. The Morgan fingerprint density at radius 1 is 1.19 bits per heavy atom. The molecule has 4 aromatic rings. The van der Waals surface area contributed by atoms with Gasteiger partial charge in [0.15, 0.2) is 0 Å². The van der Waals surface area contributed by atoms with E-state index in [1.807, 2.05) is 18.2 Å². The van der Waals surface area contributed by atoms with Crippen LogP contribution in [0.15, 0.2) is 53.0 Å². The predicted molar refractivity (Wildman–Crippen MR) is 123 cm³/mol. The second-order valence-corrected chi connectivity index (χ2v) is 11.9. The predicted octanol–water partition coefficient (Wildman–Crippen LogP) is 4.09. The molecule has 5 heterocycles. The second kappa shape index (κ2) is 8.03. The zero-order valence-electron chi connectivity index (χ0n) is 16.0. The summed E-state index contributed by atoms with van der Waals surface area (Å²) in [5.74, 6) is -0.220. The number of nitrogens with one attached hydrogen (secondary N) is 2. The number of nitrogens with zero attached hydrogens (tertiary/aromatic N) is 2. The minimum atomic E-state index is -3.80. The number of hydrogen-bond acceptors (Lipinski definition) is 6. The van der Waals surface area contributed by atoms with Gasteiger partial charge in [-0.25, -0.2) is 8.42 Å². The zero-order chi connectivity index (χ0) is 21.6. The Labute approximate surface area is 191 Å². The lowest BCUT2D eigenvalue weighted by Crippen LogP contribution is -2.41. The molecule has 0 bridgehead atoms. The summed E-state index contributed by atoms with van der Waals surface area (Å²) in [7, 11) is -3.80. The maximum absolute atomic E-state index is 12.9. The van der Waals surface area contributed by atoms with Crippen LogP contribution in [0.3, 0.4) is 0 Å². The molecule has 1 saturated heterocycles. The van der Waals surface area contributed by atoms with Crippen LogP contribution >= 0.6 is 34.3 Å². The second-order valence-electron chi connectivity index (χ2n) is 7.20. The molecule has 1 aliphatic heterocycles. The van der Waals surface area contributed by atoms with E-state index in [0.29, 0.717) is 23.8 Å². The smallest absolute Gasteiger partial charge is 0.250 e. The van der Waals surface area contributed by atoms with Gasteiger partial charge in [0.05, 0.1) is 10.9 Å². The average molecular weight is 493 g/mol. The molecule has 11 heteroatoms. The minimum Gasteiger partial charge on any atom is -0.357 e. The van der Waals surface area contributed by atoms with Crippen molar-refractivity contribution in [2.75, 3.05) is 6.54 Å². The third-order valence-corrected chi connectivity index (χ3v) is 9.57. The standard InChI is InChI=1S/C20H17ClN4O3S3/c21-18-3-1-16(29-18)17-2-4-19(30-17)31(27,28)24-15-6-8-25(20(15)26)11-13-9-12-10-22-7-5-14(12)23-13/h1-5,7,9-10,15,23-24H,6,8,11H2/t15-/m0/s1. The van der Waals surface area contributed by atoms with E-state index in [-0.39, 0.29) is 10.1 Å². The monoisotopic (exact) mass is 492 g/mol. The van der Waals surface area contributed by atoms with E-state index in [4.69, 9.17) is 11.6 Å². The molecule has 160 valence electrons. The molecule has 1 atom stereocenters. The molecule has 0 aromatic carbocycles. The fourth-order valence-corrected chi connectivity index (χ4v) is 7.30.